The SMILES string of the molecule is CCCN(C(=O)C(C)C(C)N)C1CCS(=O)(=O)C1. The Bertz CT molecular complexity index is 392. The van der Waals surface area contributed by atoms with Gasteiger partial charge in [0, 0.05) is 18.6 Å². The third-order valence-electron chi connectivity index (χ3n) is 3.57. The van der Waals surface area contributed by atoms with Crippen molar-refractivity contribution in [1.82, 2.24) is 4.90 Å². The first-order valence-electron chi connectivity index (χ1n) is 6.55. The third kappa shape index (κ3) is 3.68. The first-order chi connectivity index (χ1) is 8.28. The molecule has 6 heteroatoms. The molecule has 1 aliphatic heterocycles. The predicted octanol–water partition coefficient (Wildman–Crippen LogP) is 0.395. The summed E-state index contributed by atoms with van der Waals surface area (Å²) in [5.41, 5.74) is 5.76. The summed E-state index contributed by atoms with van der Waals surface area (Å²) >= 11 is 0. The van der Waals surface area contributed by atoms with Gasteiger partial charge in [-0.1, -0.05) is 13.8 Å². The molecule has 0 aliphatic carbocycles. The van der Waals surface area contributed by atoms with Crippen molar-refractivity contribution in [3.63, 3.8) is 0 Å². The fourth-order valence-electron chi connectivity index (χ4n) is 2.22. The second-order valence-corrected chi connectivity index (χ2v) is 7.47. The zero-order chi connectivity index (χ0) is 13.9. The number of nitrogens with two attached hydrogens (primary N) is 1. The van der Waals surface area contributed by atoms with Crippen LogP contribution in [0.3, 0.4) is 0 Å². The number of nitrogens with zero attached hydrogens (tertiary/aromatic N) is 1. The second-order valence-electron chi connectivity index (χ2n) is 5.24. The summed E-state index contributed by atoms with van der Waals surface area (Å²) in [6, 6.07) is -0.376. The Morgan fingerprint density at radius 2 is 2.06 bits per heavy atom. The lowest BCUT2D eigenvalue weighted by molar-refractivity contribution is -0.137. The lowest BCUT2D eigenvalue weighted by Crippen LogP contribution is -2.47. The molecule has 0 aromatic heterocycles. The van der Waals surface area contributed by atoms with Crippen molar-refractivity contribution in [2.75, 3.05) is 18.1 Å². The lowest BCUT2D eigenvalue weighted by Gasteiger charge is -2.31. The van der Waals surface area contributed by atoms with E-state index in [0.717, 1.165) is 6.42 Å². The van der Waals surface area contributed by atoms with Crippen molar-refractivity contribution >= 4 is 15.7 Å². The predicted molar refractivity (Wildman–Crippen MR) is 71.9 cm³/mol. The number of carbonyl (C=O) groups is 1. The van der Waals surface area contributed by atoms with Gasteiger partial charge >= 0.3 is 0 Å². The van der Waals surface area contributed by atoms with E-state index in [0.29, 0.717) is 13.0 Å². The van der Waals surface area contributed by atoms with Crippen LogP contribution in [-0.4, -0.2) is 49.4 Å². The van der Waals surface area contributed by atoms with Gasteiger partial charge in [0.15, 0.2) is 9.84 Å². The zero-order valence-corrected chi connectivity index (χ0v) is 12.2. The van der Waals surface area contributed by atoms with E-state index in [1.807, 2.05) is 6.92 Å². The largest absolute Gasteiger partial charge is 0.338 e. The molecule has 18 heavy (non-hydrogen) atoms. The molecule has 0 aromatic carbocycles. The molecule has 0 radical (unpaired) electrons. The Balaban J connectivity index is 2.80. The standard InChI is InChI=1S/C12H24N2O3S/c1-4-6-14(12(15)9(2)10(3)13)11-5-7-18(16,17)8-11/h9-11H,4-8,13H2,1-3H3. The van der Waals surface area contributed by atoms with Gasteiger partial charge in [0.25, 0.3) is 0 Å². The summed E-state index contributed by atoms with van der Waals surface area (Å²) in [4.78, 5) is 14.0. The van der Waals surface area contributed by atoms with Gasteiger partial charge in [-0.15, -0.1) is 0 Å². The summed E-state index contributed by atoms with van der Waals surface area (Å²) in [7, 11) is -2.96. The molecule has 1 amide bonds. The molecule has 5 nitrogen and oxygen atoms in total. The van der Waals surface area contributed by atoms with Crippen LogP contribution in [0.5, 0.6) is 0 Å². The molecule has 1 rings (SSSR count). The van der Waals surface area contributed by atoms with Crippen molar-refractivity contribution in [2.24, 2.45) is 11.7 Å². The first-order valence-corrected chi connectivity index (χ1v) is 8.37. The number of sulfone groups is 1. The van der Waals surface area contributed by atoms with Crippen molar-refractivity contribution < 1.29 is 13.2 Å². The maximum atomic E-state index is 12.3. The van der Waals surface area contributed by atoms with Crippen LogP contribution in [0.1, 0.15) is 33.6 Å². The Morgan fingerprint density at radius 1 is 1.44 bits per heavy atom. The minimum atomic E-state index is -2.96. The second kappa shape index (κ2) is 6.02. The van der Waals surface area contributed by atoms with Crippen LogP contribution in [0.2, 0.25) is 0 Å². The highest BCUT2D eigenvalue weighted by Crippen LogP contribution is 2.20. The van der Waals surface area contributed by atoms with Crippen molar-refractivity contribution in [3.8, 4) is 0 Å². The average molecular weight is 276 g/mol. The fourth-order valence-corrected chi connectivity index (χ4v) is 3.95. The average Bonchev–Trinajstić information content (AvgIpc) is 2.64. The van der Waals surface area contributed by atoms with E-state index < -0.39 is 9.84 Å². The van der Waals surface area contributed by atoms with Crippen molar-refractivity contribution in [2.45, 2.75) is 45.7 Å². The molecule has 3 atom stereocenters. The zero-order valence-electron chi connectivity index (χ0n) is 11.4. The number of hydrogen-bond acceptors (Lipinski definition) is 4. The topological polar surface area (TPSA) is 80.5 Å². The maximum absolute atomic E-state index is 12.3. The molecule has 106 valence electrons. The van der Waals surface area contributed by atoms with Gasteiger partial charge < -0.3 is 10.6 Å². The molecular weight excluding hydrogens is 252 g/mol. The molecule has 1 fully saturated rings. The van der Waals surface area contributed by atoms with E-state index in [2.05, 4.69) is 0 Å². The van der Waals surface area contributed by atoms with Gasteiger partial charge in [-0.2, -0.15) is 0 Å². The van der Waals surface area contributed by atoms with Gasteiger partial charge in [-0.3, -0.25) is 4.79 Å². The number of hydrogen-bond donors (Lipinski definition) is 1. The molecule has 1 aliphatic rings. The van der Waals surface area contributed by atoms with E-state index in [1.54, 1.807) is 18.7 Å². The highest BCUT2D eigenvalue weighted by atomic mass is 32.2. The van der Waals surface area contributed by atoms with Gasteiger partial charge in [0.2, 0.25) is 5.91 Å². The summed E-state index contributed by atoms with van der Waals surface area (Å²) in [6.45, 7) is 6.20. The van der Waals surface area contributed by atoms with E-state index in [9.17, 15) is 13.2 Å². The quantitative estimate of drug-likeness (QED) is 0.788. The van der Waals surface area contributed by atoms with Gasteiger partial charge in [-0.25, -0.2) is 8.42 Å². The Kier molecular flexibility index (Phi) is 5.16. The molecule has 2 N–H and O–H groups in total. The van der Waals surface area contributed by atoms with Gasteiger partial charge in [0.1, 0.15) is 0 Å². The molecule has 1 saturated heterocycles. The number of carbonyl (C=O) groups excluding carboxylic acids is 1. The highest BCUT2D eigenvalue weighted by molar-refractivity contribution is 7.91. The van der Waals surface area contributed by atoms with Gasteiger partial charge in [0.05, 0.1) is 17.4 Å². The minimum absolute atomic E-state index is 0.0195. The lowest BCUT2D eigenvalue weighted by atomic mass is 10.0. The van der Waals surface area contributed by atoms with E-state index >= 15 is 0 Å². The maximum Gasteiger partial charge on any atom is 0.227 e. The van der Waals surface area contributed by atoms with Crippen LogP contribution in [0.4, 0.5) is 0 Å². The van der Waals surface area contributed by atoms with E-state index in [-0.39, 0.29) is 35.4 Å². The summed E-state index contributed by atoms with van der Waals surface area (Å²) in [6.07, 6.45) is 1.38. The Hall–Kier alpha value is -0.620. The van der Waals surface area contributed by atoms with Crippen LogP contribution in [0, 0.1) is 5.92 Å². The summed E-state index contributed by atoms with van der Waals surface area (Å²) in [5.74, 6) is 0.0103. The van der Waals surface area contributed by atoms with Crippen LogP contribution in [0.25, 0.3) is 0 Å². The minimum Gasteiger partial charge on any atom is -0.338 e. The number of rotatable bonds is 5. The Labute approximate surface area is 110 Å². The van der Waals surface area contributed by atoms with E-state index in [1.165, 1.54) is 0 Å². The van der Waals surface area contributed by atoms with Gasteiger partial charge in [-0.05, 0) is 19.8 Å². The molecule has 0 aromatic rings. The smallest absolute Gasteiger partial charge is 0.227 e. The first kappa shape index (κ1) is 15.4. The van der Waals surface area contributed by atoms with E-state index in [4.69, 9.17) is 5.73 Å². The number of amides is 1. The Morgan fingerprint density at radius 3 is 2.44 bits per heavy atom. The van der Waals surface area contributed by atoms with Crippen molar-refractivity contribution in [1.29, 1.82) is 0 Å². The molecule has 0 bridgehead atoms. The molecule has 0 saturated carbocycles. The fraction of sp³-hybridized carbons (Fsp3) is 0.917. The van der Waals surface area contributed by atoms with Crippen LogP contribution >= 0.6 is 0 Å². The van der Waals surface area contributed by atoms with Crippen molar-refractivity contribution in [3.05, 3.63) is 0 Å². The van der Waals surface area contributed by atoms with Crippen LogP contribution < -0.4 is 5.73 Å². The normalized spacial score (nSPS) is 25.7. The van der Waals surface area contributed by atoms with Crippen LogP contribution in [0.15, 0.2) is 0 Å². The molecule has 1 heterocycles. The summed E-state index contributed by atoms with van der Waals surface area (Å²) in [5, 5.41) is 0. The third-order valence-corrected chi connectivity index (χ3v) is 5.33. The molecule has 0 spiro atoms. The summed E-state index contributed by atoms with van der Waals surface area (Å²) < 4.78 is 23.0. The molecular formula is C12H24N2O3S. The van der Waals surface area contributed by atoms with Crippen LogP contribution in [-0.2, 0) is 14.6 Å². The highest BCUT2D eigenvalue weighted by Gasteiger charge is 2.36. The monoisotopic (exact) mass is 276 g/mol. The molecule has 3 unspecified atom stereocenters.